The number of anilines is 1. The molecule has 1 aliphatic rings. The van der Waals surface area contributed by atoms with E-state index in [1.165, 1.54) is 0 Å². The van der Waals surface area contributed by atoms with Crippen LogP contribution in [0.25, 0.3) is 0 Å². The maximum atomic E-state index is 12.1. The molecule has 1 atom stereocenters. The Balaban J connectivity index is 1.64. The van der Waals surface area contributed by atoms with Crippen LogP contribution in [0.15, 0.2) is 60.8 Å². The topological polar surface area (TPSA) is 71.5 Å². The summed E-state index contributed by atoms with van der Waals surface area (Å²) in [7, 11) is 0. The van der Waals surface area contributed by atoms with Gasteiger partial charge >= 0.3 is 0 Å². The standard InChI is InChI=1S/C21H18N2O3/c1-13-9-17-16(10-20(25)23-18(17)11-19(13)24)14-7-8-21(22-12-14)26-15-5-3-2-4-6-15/h2-9,11-12,16,24H,10H2,1H3,(H,23,25)/t16-/m1/s1. The lowest BCUT2D eigenvalue weighted by Gasteiger charge is -2.26. The van der Waals surface area contributed by atoms with Crippen LogP contribution in [0.5, 0.6) is 17.4 Å². The Kier molecular flexibility index (Phi) is 4.05. The third-order valence-electron chi connectivity index (χ3n) is 4.53. The van der Waals surface area contributed by atoms with Crippen molar-refractivity contribution in [2.24, 2.45) is 0 Å². The maximum Gasteiger partial charge on any atom is 0.225 e. The number of ether oxygens (including phenoxy) is 1. The van der Waals surface area contributed by atoms with Gasteiger partial charge in [-0.1, -0.05) is 24.3 Å². The molecule has 3 aromatic rings. The lowest BCUT2D eigenvalue weighted by Crippen LogP contribution is -2.23. The van der Waals surface area contributed by atoms with Gasteiger partial charge in [-0.05, 0) is 41.8 Å². The Hall–Kier alpha value is -3.34. The molecular formula is C21H18N2O3. The number of hydrogen-bond acceptors (Lipinski definition) is 4. The Morgan fingerprint density at radius 2 is 1.96 bits per heavy atom. The van der Waals surface area contributed by atoms with E-state index in [-0.39, 0.29) is 17.6 Å². The van der Waals surface area contributed by atoms with Crippen molar-refractivity contribution in [1.29, 1.82) is 0 Å². The van der Waals surface area contributed by atoms with Gasteiger partial charge in [0.25, 0.3) is 0 Å². The minimum Gasteiger partial charge on any atom is -0.508 e. The second-order valence-corrected chi connectivity index (χ2v) is 6.38. The first-order valence-electron chi connectivity index (χ1n) is 8.42. The molecule has 0 saturated carbocycles. The third kappa shape index (κ3) is 3.11. The number of nitrogens with one attached hydrogen (secondary N) is 1. The van der Waals surface area contributed by atoms with Gasteiger partial charge in [0, 0.05) is 36.4 Å². The number of phenols is 1. The fraction of sp³-hybridized carbons (Fsp3) is 0.143. The van der Waals surface area contributed by atoms with Gasteiger partial charge < -0.3 is 15.2 Å². The number of pyridine rings is 1. The second-order valence-electron chi connectivity index (χ2n) is 6.38. The quantitative estimate of drug-likeness (QED) is 0.739. The number of nitrogens with zero attached hydrogens (tertiary/aromatic N) is 1. The zero-order valence-corrected chi connectivity index (χ0v) is 14.3. The summed E-state index contributed by atoms with van der Waals surface area (Å²) in [4.78, 5) is 16.5. The molecule has 4 rings (SSSR count). The largest absolute Gasteiger partial charge is 0.508 e. The smallest absolute Gasteiger partial charge is 0.225 e. The molecule has 1 amide bonds. The SMILES string of the molecule is Cc1cc2c(cc1O)NC(=O)C[C@@H]2c1ccc(Oc2ccccc2)nc1. The van der Waals surface area contributed by atoms with E-state index in [0.717, 1.165) is 22.4 Å². The Morgan fingerprint density at radius 3 is 2.69 bits per heavy atom. The van der Waals surface area contributed by atoms with Crippen LogP contribution in [0.2, 0.25) is 0 Å². The molecule has 0 saturated heterocycles. The highest BCUT2D eigenvalue weighted by Crippen LogP contribution is 2.40. The molecule has 0 spiro atoms. The number of benzene rings is 2. The van der Waals surface area contributed by atoms with Crippen LogP contribution in [0, 0.1) is 6.92 Å². The zero-order chi connectivity index (χ0) is 18.1. The van der Waals surface area contributed by atoms with Crippen molar-refractivity contribution in [2.45, 2.75) is 19.3 Å². The van der Waals surface area contributed by atoms with E-state index >= 15 is 0 Å². The molecule has 0 aliphatic carbocycles. The normalized spacial score (nSPS) is 15.9. The number of carbonyl (C=O) groups excluding carboxylic acids is 1. The molecule has 0 fully saturated rings. The number of phenolic OH excluding ortho intramolecular Hbond substituents is 1. The molecule has 0 unspecified atom stereocenters. The molecule has 2 heterocycles. The summed E-state index contributed by atoms with van der Waals surface area (Å²) in [5, 5.41) is 12.7. The summed E-state index contributed by atoms with van der Waals surface area (Å²) in [6.07, 6.45) is 2.09. The van der Waals surface area contributed by atoms with Crippen molar-refractivity contribution < 1.29 is 14.6 Å². The summed E-state index contributed by atoms with van der Waals surface area (Å²) in [6, 6.07) is 16.7. The number of fused-ring (bicyclic) bond motifs is 1. The van der Waals surface area contributed by atoms with Crippen LogP contribution in [0.3, 0.4) is 0 Å². The van der Waals surface area contributed by atoms with E-state index in [4.69, 9.17) is 4.74 Å². The van der Waals surface area contributed by atoms with Crippen molar-refractivity contribution in [2.75, 3.05) is 5.32 Å². The average Bonchev–Trinajstić information content (AvgIpc) is 2.64. The summed E-state index contributed by atoms with van der Waals surface area (Å²) in [5.41, 5.74) is 3.35. The van der Waals surface area contributed by atoms with Crippen molar-refractivity contribution in [3.63, 3.8) is 0 Å². The lowest BCUT2D eigenvalue weighted by molar-refractivity contribution is -0.116. The van der Waals surface area contributed by atoms with E-state index in [0.29, 0.717) is 18.0 Å². The molecule has 0 bridgehead atoms. The van der Waals surface area contributed by atoms with Crippen molar-refractivity contribution in [3.05, 3.63) is 77.5 Å². The minimum absolute atomic E-state index is 0.0737. The number of aromatic nitrogens is 1. The molecule has 130 valence electrons. The first kappa shape index (κ1) is 16.1. The zero-order valence-electron chi connectivity index (χ0n) is 14.3. The first-order chi connectivity index (χ1) is 12.6. The van der Waals surface area contributed by atoms with Crippen molar-refractivity contribution >= 4 is 11.6 Å². The van der Waals surface area contributed by atoms with Crippen LogP contribution in [-0.2, 0) is 4.79 Å². The third-order valence-corrected chi connectivity index (χ3v) is 4.53. The fourth-order valence-corrected chi connectivity index (χ4v) is 3.18. The predicted molar refractivity (Wildman–Crippen MR) is 98.7 cm³/mol. The van der Waals surface area contributed by atoms with Gasteiger partial charge in [0.2, 0.25) is 11.8 Å². The van der Waals surface area contributed by atoms with Crippen LogP contribution < -0.4 is 10.1 Å². The summed E-state index contributed by atoms with van der Waals surface area (Å²) in [6.45, 7) is 1.85. The van der Waals surface area contributed by atoms with E-state index in [9.17, 15) is 9.90 Å². The van der Waals surface area contributed by atoms with Crippen LogP contribution >= 0.6 is 0 Å². The Bertz CT molecular complexity index is 953. The Morgan fingerprint density at radius 1 is 1.15 bits per heavy atom. The van der Waals surface area contributed by atoms with Crippen LogP contribution in [0.4, 0.5) is 5.69 Å². The van der Waals surface area contributed by atoms with E-state index < -0.39 is 0 Å². The van der Waals surface area contributed by atoms with Gasteiger partial charge in [0.05, 0.1) is 0 Å². The number of rotatable bonds is 3. The summed E-state index contributed by atoms with van der Waals surface area (Å²) >= 11 is 0. The van der Waals surface area contributed by atoms with Crippen LogP contribution in [-0.4, -0.2) is 16.0 Å². The number of carbonyl (C=O) groups is 1. The molecule has 26 heavy (non-hydrogen) atoms. The molecule has 5 heteroatoms. The monoisotopic (exact) mass is 346 g/mol. The van der Waals surface area contributed by atoms with Crippen molar-refractivity contribution in [3.8, 4) is 17.4 Å². The Labute approximate surface area is 151 Å². The van der Waals surface area contributed by atoms with E-state index in [1.54, 1.807) is 12.3 Å². The predicted octanol–water partition coefficient (Wildman–Crippen LogP) is 4.36. The number of para-hydroxylation sites is 1. The van der Waals surface area contributed by atoms with Crippen molar-refractivity contribution in [1.82, 2.24) is 4.98 Å². The lowest BCUT2D eigenvalue weighted by atomic mass is 9.84. The molecule has 5 nitrogen and oxygen atoms in total. The molecule has 1 aromatic heterocycles. The number of amides is 1. The minimum atomic E-state index is -0.101. The number of aryl methyl sites for hydroxylation is 1. The van der Waals surface area contributed by atoms with Gasteiger partial charge in [0.1, 0.15) is 11.5 Å². The highest BCUT2D eigenvalue weighted by atomic mass is 16.5. The second kappa shape index (κ2) is 6.52. The number of aromatic hydroxyl groups is 1. The van der Waals surface area contributed by atoms with Crippen LogP contribution in [0.1, 0.15) is 29.0 Å². The molecule has 2 N–H and O–H groups in total. The maximum absolute atomic E-state index is 12.1. The highest BCUT2D eigenvalue weighted by molar-refractivity contribution is 5.95. The van der Waals surface area contributed by atoms with Gasteiger partial charge in [-0.3, -0.25) is 4.79 Å². The fourth-order valence-electron chi connectivity index (χ4n) is 3.18. The van der Waals surface area contributed by atoms with E-state index in [2.05, 4.69) is 10.3 Å². The molecule has 1 aliphatic heterocycles. The molecular weight excluding hydrogens is 328 g/mol. The average molecular weight is 346 g/mol. The van der Waals surface area contributed by atoms with Gasteiger partial charge in [0.15, 0.2) is 0 Å². The summed E-state index contributed by atoms with van der Waals surface area (Å²) < 4.78 is 5.72. The van der Waals surface area contributed by atoms with Gasteiger partial charge in [-0.25, -0.2) is 4.98 Å². The highest BCUT2D eigenvalue weighted by Gasteiger charge is 2.27. The van der Waals surface area contributed by atoms with Gasteiger partial charge in [-0.2, -0.15) is 0 Å². The molecule has 0 radical (unpaired) electrons. The summed E-state index contributed by atoms with van der Waals surface area (Å²) in [5.74, 6) is 1.23. The number of hydrogen-bond donors (Lipinski definition) is 2. The molecule has 2 aromatic carbocycles. The van der Waals surface area contributed by atoms with Gasteiger partial charge in [-0.15, -0.1) is 0 Å². The van der Waals surface area contributed by atoms with E-state index in [1.807, 2.05) is 55.5 Å². The first-order valence-corrected chi connectivity index (χ1v) is 8.42.